The number of rotatable bonds is 6. The molecule has 2 unspecified atom stereocenters. The number of hydrogen-bond donors (Lipinski definition) is 2. The van der Waals surface area contributed by atoms with E-state index in [1.165, 1.54) is 5.56 Å². The Hall–Kier alpha value is -0.510. The van der Waals surface area contributed by atoms with Gasteiger partial charge in [0.1, 0.15) is 0 Å². The van der Waals surface area contributed by atoms with E-state index in [2.05, 4.69) is 29.6 Å². The molecule has 84 valence electrons. The highest BCUT2D eigenvalue weighted by Gasteiger charge is 2.10. The van der Waals surface area contributed by atoms with Crippen LogP contribution in [0.3, 0.4) is 0 Å². The van der Waals surface area contributed by atoms with Gasteiger partial charge in [-0.3, -0.25) is 0 Å². The Balaban J connectivity index is 2.50. The summed E-state index contributed by atoms with van der Waals surface area (Å²) in [5.74, 6) is 0.988. The standard InChI is InChI=1S/C12H19NOS/c1-10(8-14)15-9-12(13-2)11-6-4-3-5-7-11/h3-7,10,12-14H,8-9H2,1-2H3. The number of thioether (sulfide) groups is 1. The summed E-state index contributed by atoms with van der Waals surface area (Å²) in [7, 11) is 1.97. The third kappa shape index (κ3) is 4.24. The van der Waals surface area contributed by atoms with Crippen LogP contribution in [0.15, 0.2) is 30.3 Å². The van der Waals surface area contributed by atoms with Gasteiger partial charge in [-0.2, -0.15) is 11.8 Å². The summed E-state index contributed by atoms with van der Waals surface area (Å²) in [5, 5.41) is 12.6. The van der Waals surface area contributed by atoms with Crippen molar-refractivity contribution in [1.82, 2.24) is 5.32 Å². The van der Waals surface area contributed by atoms with E-state index in [1.807, 2.05) is 20.0 Å². The average molecular weight is 225 g/mol. The second-order valence-electron chi connectivity index (χ2n) is 3.58. The third-order valence-electron chi connectivity index (χ3n) is 2.35. The molecule has 0 fully saturated rings. The van der Waals surface area contributed by atoms with E-state index in [0.29, 0.717) is 11.3 Å². The first-order chi connectivity index (χ1) is 7.27. The molecule has 0 aliphatic carbocycles. The molecule has 0 bridgehead atoms. The normalized spacial score (nSPS) is 14.9. The largest absolute Gasteiger partial charge is 0.395 e. The summed E-state index contributed by atoms with van der Waals surface area (Å²) in [6.07, 6.45) is 0. The highest BCUT2D eigenvalue weighted by molar-refractivity contribution is 7.99. The van der Waals surface area contributed by atoms with Crippen LogP contribution >= 0.6 is 11.8 Å². The van der Waals surface area contributed by atoms with Crippen LogP contribution in [-0.4, -0.2) is 29.8 Å². The maximum absolute atomic E-state index is 8.95. The Morgan fingerprint density at radius 1 is 1.33 bits per heavy atom. The molecule has 15 heavy (non-hydrogen) atoms. The van der Waals surface area contributed by atoms with E-state index < -0.39 is 0 Å². The molecule has 1 aromatic carbocycles. The summed E-state index contributed by atoms with van der Waals surface area (Å²) < 4.78 is 0. The van der Waals surface area contributed by atoms with E-state index in [1.54, 1.807) is 11.8 Å². The van der Waals surface area contributed by atoms with Crippen LogP contribution in [0.25, 0.3) is 0 Å². The van der Waals surface area contributed by atoms with Gasteiger partial charge < -0.3 is 10.4 Å². The lowest BCUT2D eigenvalue weighted by Gasteiger charge is -2.18. The fourth-order valence-corrected chi connectivity index (χ4v) is 2.33. The van der Waals surface area contributed by atoms with Gasteiger partial charge in [0.15, 0.2) is 0 Å². The molecular formula is C12H19NOS. The molecule has 0 amide bonds. The molecule has 0 aromatic heterocycles. The van der Waals surface area contributed by atoms with Crippen molar-refractivity contribution in [1.29, 1.82) is 0 Å². The number of aliphatic hydroxyl groups is 1. The van der Waals surface area contributed by atoms with Gasteiger partial charge in [0, 0.05) is 17.0 Å². The summed E-state index contributed by atoms with van der Waals surface area (Å²) in [5.41, 5.74) is 1.30. The minimum Gasteiger partial charge on any atom is -0.395 e. The van der Waals surface area contributed by atoms with Crippen LogP contribution in [0, 0.1) is 0 Å². The molecule has 1 aromatic rings. The van der Waals surface area contributed by atoms with Crippen molar-refractivity contribution in [3.8, 4) is 0 Å². The zero-order valence-electron chi connectivity index (χ0n) is 9.31. The first-order valence-corrected chi connectivity index (χ1v) is 6.27. The third-order valence-corrected chi connectivity index (χ3v) is 3.60. The average Bonchev–Trinajstić information content (AvgIpc) is 2.31. The second kappa shape index (κ2) is 6.88. The Bertz CT molecular complexity index is 266. The SMILES string of the molecule is CNC(CSC(C)CO)c1ccccc1. The molecule has 0 spiro atoms. The molecule has 1 rings (SSSR count). The lowest BCUT2D eigenvalue weighted by atomic mass is 10.1. The zero-order valence-corrected chi connectivity index (χ0v) is 10.1. The van der Waals surface area contributed by atoms with Crippen molar-refractivity contribution in [2.75, 3.05) is 19.4 Å². The van der Waals surface area contributed by atoms with Gasteiger partial charge in [-0.05, 0) is 12.6 Å². The lowest BCUT2D eigenvalue weighted by Crippen LogP contribution is -2.20. The minimum atomic E-state index is 0.246. The zero-order chi connectivity index (χ0) is 11.1. The molecule has 2 nitrogen and oxygen atoms in total. The van der Waals surface area contributed by atoms with Crippen LogP contribution in [0.4, 0.5) is 0 Å². The molecule has 2 N–H and O–H groups in total. The fraction of sp³-hybridized carbons (Fsp3) is 0.500. The van der Waals surface area contributed by atoms with E-state index in [9.17, 15) is 0 Å². The minimum absolute atomic E-state index is 0.246. The van der Waals surface area contributed by atoms with Gasteiger partial charge in [0.05, 0.1) is 6.61 Å². The van der Waals surface area contributed by atoms with Crippen LogP contribution in [0.5, 0.6) is 0 Å². The van der Waals surface area contributed by atoms with Gasteiger partial charge in [-0.1, -0.05) is 37.3 Å². The molecule has 0 radical (unpaired) electrons. The number of aliphatic hydroxyl groups excluding tert-OH is 1. The molecular weight excluding hydrogens is 206 g/mol. The molecule has 0 aliphatic rings. The Kier molecular flexibility index (Phi) is 5.76. The fourth-order valence-electron chi connectivity index (χ4n) is 1.34. The summed E-state index contributed by atoms with van der Waals surface area (Å²) >= 11 is 1.79. The molecule has 2 atom stereocenters. The van der Waals surface area contributed by atoms with Crippen LogP contribution in [0.1, 0.15) is 18.5 Å². The van der Waals surface area contributed by atoms with Crippen molar-refractivity contribution in [2.24, 2.45) is 0 Å². The smallest absolute Gasteiger partial charge is 0.0547 e. The van der Waals surface area contributed by atoms with Crippen molar-refractivity contribution in [2.45, 2.75) is 18.2 Å². The highest BCUT2D eigenvalue weighted by Crippen LogP contribution is 2.20. The van der Waals surface area contributed by atoms with Crippen LogP contribution in [-0.2, 0) is 0 Å². The number of hydrogen-bond acceptors (Lipinski definition) is 3. The molecule has 0 saturated carbocycles. The van der Waals surface area contributed by atoms with E-state index in [0.717, 1.165) is 5.75 Å². The van der Waals surface area contributed by atoms with Gasteiger partial charge >= 0.3 is 0 Å². The summed E-state index contributed by atoms with van der Waals surface area (Å²) in [4.78, 5) is 0. The van der Waals surface area contributed by atoms with Gasteiger partial charge in [-0.25, -0.2) is 0 Å². The maximum Gasteiger partial charge on any atom is 0.0547 e. The van der Waals surface area contributed by atoms with Gasteiger partial charge in [0.2, 0.25) is 0 Å². The molecule has 0 heterocycles. The predicted molar refractivity (Wildman–Crippen MR) is 67.2 cm³/mol. The van der Waals surface area contributed by atoms with Gasteiger partial charge in [0.25, 0.3) is 0 Å². The Labute approximate surface area is 96.1 Å². The predicted octanol–water partition coefficient (Wildman–Crippen LogP) is 2.06. The van der Waals surface area contributed by atoms with Crippen molar-refractivity contribution in [3.05, 3.63) is 35.9 Å². The highest BCUT2D eigenvalue weighted by atomic mass is 32.2. The van der Waals surface area contributed by atoms with E-state index in [4.69, 9.17) is 5.11 Å². The Morgan fingerprint density at radius 2 is 2.00 bits per heavy atom. The maximum atomic E-state index is 8.95. The quantitative estimate of drug-likeness (QED) is 0.777. The van der Waals surface area contributed by atoms with Gasteiger partial charge in [-0.15, -0.1) is 0 Å². The monoisotopic (exact) mass is 225 g/mol. The summed E-state index contributed by atoms with van der Waals surface area (Å²) in [6.45, 7) is 2.29. The first kappa shape index (κ1) is 12.6. The first-order valence-electron chi connectivity index (χ1n) is 5.22. The number of nitrogens with one attached hydrogen (secondary N) is 1. The molecule has 0 aliphatic heterocycles. The lowest BCUT2D eigenvalue weighted by molar-refractivity contribution is 0.300. The van der Waals surface area contributed by atoms with Crippen molar-refractivity contribution in [3.63, 3.8) is 0 Å². The number of benzene rings is 1. The Morgan fingerprint density at radius 3 is 2.53 bits per heavy atom. The second-order valence-corrected chi connectivity index (χ2v) is 5.05. The van der Waals surface area contributed by atoms with Crippen molar-refractivity contribution < 1.29 is 5.11 Å². The molecule has 3 heteroatoms. The van der Waals surface area contributed by atoms with E-state index >= 15 is 0 Å². The van der Waals surface area contributed by atoms with Crippen molar-refractivity contribution >= 4 is 11.8 Å². The molecule has 0 saturated heterocycles. The topological polar surface area (TPSA) is 32.3 Å². The summed E-state index contributed by atoms with van der Waals surface area (Å²) in [6, 6.07) is 10.8. The van der Waals surface area contributed by atoms with Crippen LogP contribution < -0.4 is 5.32 Å². The van der Waals surface area contributed by atoms with Crippen LogP contribution in [0.2, 0.25) is 0 Å². The van der Waals surface area contributed by atoms with E-state index in [-0.39, 0.29) is 6.61 Å².